The minimum Gasteiger partial charge on any atom is -0.466 e. The summed E-state index contributed by atoms with van der Waals surface area (Å²) in [6.45, 7) is 8.19. The number of esters is 2. The lowest BCUT2D eigenvalue weighted by Gasteiger charge is -2.39. The monoisotopic (exact) mass is 672 g/mol. The van der Waals surface area contributed by atoms with Gasteiger partial charge in [0.1, 0.15) is 6.10 Å². The second-order valence-corrected chi connectivity index (χ2v) is 13.3. The molecule has 0 unspecified atom stereocenters. The van der Waals surface area contributed by atoms with E-state index in [0.29, 0.717) is 45.4 Å². The van der Waals surface area contributed by atoms with Gasteiger partial charge in [-0.3, -0.25) is 9.59 Å². The van der Waals surface area contributed by atoms with Crippen LogP contribution in [0, 0.1) is 0 Å². The van der Waals surface area contributed by atoms with Crippen LogP contribution < -0.4 is 0 Å². The molecule has 0 saturated heterocycles. The normalized spacial score (nSPS) is 11.9. The van der Waals surface area contributed by atoms with Gasteiger partial charge in [-0.05, 0) is 44.9 Å². The Hall–Kier alpha value is -1.22. The summed E-state index contributed by atoms with van der Waals surface area (Å²) in [4.78, 5) is 27.3. The van der Waals surface area contributed by atoms with Crippen LogP contribution in [0.4, 0.5) is 0 Å². The Morgan fingerprint density at radius 1 is 0.511 bits per heavy atom. The van der Waals surface area contributed by atoms with Crippen molar-refractivity contribution >= 4 is 11.9 Å². The van der Waals surface area contributed by atoms with E-state index in [2.05, 4.69) is 20.8 Å². The number of hydrogen-bond donors (Lipinski definition) is 0. The minimum atomic E-state index is -1.39. The quantitative estimate of drug-likeness (QED) is 0.0370. The molecule has 0 aliphatic rings. The first-order valence-corrected chi connectivity index (χ1v) is 19.7. The van der Waals surface area contributed by atoms with E-state index in [1.165, 1.54) is 124 Å². The molecule has 0 bridgehead atoms. The van der Waals surface area contributed by atoms with E-state index < -0.39 is 6.10 Å². The summed E-state index contributed by atoms with van der Waals surface area (Å²) in [5.74, 6) is -0.328. The predicted octanol–water partition coefficient (Wildman–Crippen LogP) is 10.5. The van der Waals surface area contributed by atoms with Crippen LogP contribution in [-0.2, 0) is 33.3 Å². The standard InChI is InChI=1S/C39H77NO7/c1-7-10-13-16-19-20-23-26-35-46-37(41)31-27-33-40(39(43-4,44-5)45-6)34-28-32-38(42)47-36(29-24-21-17-14-11-8-2)30-25-22-18-15-12-9-3/h36H,7-35H2,1-6H3. The molecule has 0 aromatic carbocycles. The third-order valence-electron chi connectivity index (χ3n) is 9.10. The Kier molecular flexibility index (Phi) is 32.4. The largest absolute Gasteiger partial charge is 0.466 e. The molecule has 0 spiro atoms. The first kappa shape index (κ1) is 45.8. The zero-order valence-corrected chi connectivity index (χ0v) is 31.9. The van der Waals surface area contributed by atoms with Crippen molar-refractivity contribution in [2.75, 3.05) is 41.0 Å². The maximum atomic E-state index is 13.0. The molecule has 0 saturated carbocycles. The highest BCUT2D eigenvalue weighted by molar-refractivity contribution is 5.69. The molecule has 8 nitrogen and oxygen atoms in total. The van der Waals surface area contributed by atoms with Crippen LogP contribution >= 0.6 is 0 Å². The Bertz CT molecular complexity index is 677. The van der Waals surface area contributed by atoms with Gasteiger partial charge >= 0.3 is 18.0 Å². The first-order valence-electron chi connectivity index (χ1n) is 19.7. The number of hydrogen-bond acceptors (Lipinski definition) is 8. The summed E-state index contributed by atoms with van der Waals surface area (Å²) >= 11 is 0. The average Bonchev–Trinajstić information content (AvgIpc) is 3.07. The molecule has 0 aliphatic heterocycles. The summed E-state index contributed by atoms with van der Waals surface area (Å²) < 4.78 is 28.4. The molecule has 0 aliphatic carbocycles. The smallest absolute Gasteiger partial charge is 0.352 e. The molecular weight excluding hydrogens is 594 g/mol. The molecule has 0 aromatic heterocycles. The van der Waals surface area contributed by atoms with Crippen molar-refractivity contribution in [3.05, 3.63) is 0 Å². The number of ether oxygens (including phenoxy) is 5. The molecule has 0 amide bonds. The van der Waals surface area contributed by atoms with Gasteiger partial charge in [0.05, 0.1) is 6.61 Å². The second kappa shape index (κ2) is 33.3. The number of rotatable bonds is 36. The maximum absolute atomic E-state index is 13.0. The van der Waals surface area contributed by atoms with Gasteiger partial charge in [0, 0.05) is 47.3 Å². The highest BCUT2D eigenvalue weighted by atomic mass is 16.9. The molecule has 8 heteroatoms. The van der Waals surface area contributed by atoms with Crippen molar-refractivity contribution in [2.24, 2.45) is 0 Å². The summed E-state index contributed by atoms with van der Waals surface area (Å²) in [6.07, 6.45) is 26.8. The Labute approximate surface area is 290 Å². The fourth-order valence-corrected chi connectivity index (χ4v) is 6.16. The van der Waals surface area contributed by atoms with Gasteiger partial charge in [-0.1, -0.05) is 130 Å². The molecule has 0 N–H and O–H groups in total. The van der Waals surface area contributed by atoms with Gasteiger partial charge < -0.3 is 23.7 Å². The topological polar surface area (TPSA) is 83.5 Å². The van der Waals surface area contributed by atoms with Crippen molar-refractivity contribution in [2.45, 2.75) is 200 Å². The van der Waals surface area contributed by atoms with Gasteiger partial charge in [-0.2, -0.15) is 0 Å². The molecule has 47 heavy (non-hydrogen) atoms. The highest BCUT2D eigenvalue weighted by Crippen LogP contribution is 2.22. The highest BCUT2D eigenvalue weighted by Gasteiger charge is 2.37. The molecule has 0 heterocycles. The van der Waals surface area contributed by atoms with Crippen molar-refractivity contribution in [1.82, 2.24) is 4.90 Å². The molecule has 0 fully saturated rings. The first-order chi connectivity index (χ1) is 22.9. The summed E-state index contributed by atoms with van der Waals surface area (Å²) in [6, 6.07) is 0. The number of carbonyl (C=O) groups is 2. The van der Waals surface area contributed by atoms with Crippen LogP contribution in [0.1, 0.15) is 188 Å². The van der Waals surface area contributed by atoms with E-state index in [4.69, 9.17) is 23.7 Å². The van der Waals surface area contributed by atoms with Gasteiger partial charge in [-0.25, -0.2) is 4.90 Å². The summed E-state index contributed by atoms with van der Waals surface area (Å²) in [5.41, 5.74) is 0. The van der Waals surface area contributed by atoms with Crippen LogP contribution in [0.3, 0.4) is 0 Å². The second-order valence-electron chi connectivity index (χ2n) is 13.3. The molecule has 0 atom stereocenters. The fourth-order valence-electron chi connectivity index (χ4n) is 6.16. The van der Waals surface area contributed by atoms with E-state index >= 15 is 0 Å². The number of unbranched alkanes of at least 4 members (excludes halogenated alkanes) is 17. The van der Waals surface area contributed by atoms with Crippen LogP contribution in [-0.4, -0.2) is 70.1 Å². The van der Waals surface area contributed by atoms with Crippen LogP contribution in [0.5, 0.6) is 0 Å². The molecule has 0 aromatic rings. The van der Waals surface area contributed by atoms with Gasteiger partial charge in [0.15, 0.2) is 0 Å². The average molecular weight is 672 g/mol. The third kappa shape index (κ3) is 25.4. The maximum Gasteiger partial charge on any atom is 0.352 e. The number of methoxy groups -OCH3 is 3. The predicted molar refractivity (Wildman–Crippen MR) is 193 cm³/mol. The van der Waals surface area contributed by atoms with E-state index in [0.717, 1.165) is 38.5 Å². The van der Waals surface area contributed by atoms with Crippen molar-refractivity contribution in [3.8, 4) is 0 Å². The Morgan fingerprint density at radius 3 is 1.32 bits per heavy atom. The lowest BCUT2D eigenvalue weighted by atomic mass is 10.0. The molecule has 0 radical (unpaired) electrons. The Balaban J connectivity index is 4.72. The number of nitrogens with zero attached hydrogens (tertiary/aromatic N) is 1. The van der Waals surface area contributed by atoms with Crippen molar-refractivity contribution in [3.63, 3.8) is 0 Å². The van der Waals surface area contributed by atoms with E-state index in [1.807, 2.05) is 4.90 Å². The third-order valence-corrected chi connectivity index (χ3v) is 9.10. The fraction of sp³-hybridized carbons (Fsp3) is 0.949. The van der Waals surface area contributed by atoms with Gasteiger partial charge in [-0.15, -0.1) is 0 Å². The van der Waals surface area contributed by atoms with Crippen LogP contribution in [0.2, 0.25) is 0 Å². The van der Waals surface area contributed by atoms with Crippen LogP contribution in [0.25, 0.3) is 0 Å². The Morgan fingerprint density at radius 2 is 0.894 bits per heavy atom. The van der Waals surface area contributed by atoms with Gasteiger partial charge in [0.2, 0.25) is 0 Å². The lowest BCUT2D eigenvalue weighted by Crippen LogP contribution is -2.54. The zero-order chi connectivity index (χ0) is 34.9. The van der Waals surface area contributed by atoms with Crippen molar-refractivity contribution < 1.29 is 33.3 Å². The van der Waals surface area contributed by atoms with E-state index in [-0.39, 0.29) is 18.0 Å². The zero-order valence-electron chi connectivity index (χ0n) is 31.9. The van der Waals surface area contributed by atoms with E-state index in [1.54, 1.807) is 0 Å². The molecular formula is C39H77NO7. The minimum absolute atomic E-state index is 0.00350. The van der Waals surface area contributed by atoms with E-state index in [9.17, 15) is 9.59 Å². The number of carbonyl (C=O) groups excluding carboxylic acids is 2. The summed E-state index contributed by atoms with van der Waals surface area (Å²) in [5, 5.41) is 0. The van der Waals surface area contributed by atoms with Crippen LogP contribution in [0.15, 0.2) is 0 Å². The summed E-state index contributed by atoms with van der Waals surface area (Å²) in [7, 11) is 4.59. The van der Waals surface area contributed by atoms with Crippen molar-refractivity contribution in [1.29, 1.82) is 0 Å². The van der Waals surface area contributed by atoms with Gasteiger partial charge in [0.25, 0.3) is 0 Å². The molecule has 0 rings (SSSR count). The lowest BCUT2D eigenvalue weighted by molar-refractivity contribution is -0.424. The SMILES string of the molecule is CCCCCCCCCCOC(=O)CCCN(CCCC(=O)OC(CCCCCCCC)CCCCCCCC)C(OC)(OC)OC. The molecule has 280 valence electrons.